The van der Waals surface area contributed by atoms with Crippen molar-refractivity contribution in [2.45, 2.75) is 31.2 Å². The molecule has 180 valence electrons. The molecule has 3 aromatic rings. The topological polar surface area (TPSA) is 107 Å². The molecular weight excluding hydrogens is 517 g/mol. The number of nitrogens with zero attached hydrogens (tertiary/aromatic N) is 3. The highest BCUT2D eigenvalue weighted by atomic mass is 35.5. The highest BCUT2D eigenvalue weighted by Crippen LogP contribution is 2.54. The molecule has 0 radical (unpaired) electrons. The molecule has 1 aromatic carbocycles. The van der Waals surface area contributed by atoms with Gasteiger partial charge >= 0.3 is 0 Å². The molecule has 2 fully saturated rings. The fourth-order valence-corrected chi connectivity index (χ4v) is 5.05. The Kier molecular flexibility index (Phi) is 5.32. The van der Waals surface area contributed by atoms with Crippen LogP contribution in [0.4, 0.5) is 5.69 Å². The average molecular weight is 535 g/mol. The number of anilines is 1. The third-order valence-corrected chi connectivity index (χ3v) is 7.22. The van der Waals surface area contributed by atoms with Gasteiger partial charge in [0.1, 0.15) is 11.3 Å². The summed E-state index contributed by atoms with van der Waals surface area (Å²) in [5, 5.41) is 10.5. The molecule has 0 saturated heterocycles. The van der Waals surface area contributed by atoms with Crippen LogP contribution in [0.2, 0.25) is 15.2 Å². The summed E-state index contributed by atoms with van der Waals surface area (Å²) in [6, 6.07) is 6.15. The number of amides is 2. The molecule has 2 aromatic heterocycles. The zero-order valence-electron chi connectivity index (χ0n) is 18.1. The van der Waals surface area contributed by atoms with Gasteiger partial charge in [0.05, 0.1) is 15.7 Å². The Labute approximate surface area is 214 Å². The molecule has 3 heterocycles. The minimum atomic E-state index is -0.621. The summed E-state index contributed by atoms with van der Waals surface area (Å²) in [6.07, 6.45) is 5.56. The molecule has 6 rings (SSSR count). The number of nitrogens with one attached hydrogen (secondary N) is 2. The van der Waals surface area contributed by atoms with Crippen molar-refractivity contribution >= 4 is 52.3 Å². The number of benzene rings is 1. The Balaban J connectivity index is 1.38. The Morgan fingerprint density at radius 2 is 1.89 bits per heavy atom. The summed E-state index contributed by atoms with van der Waals surface area (Å²) < 4.78 is 12.3. The quantitative estimate of drug-likeness (QED) is 0.467. The molecule has 0 atom stereocenters. The van der Waals surface area contributed by atoms with Crippen molar-refractivity contribution in [1.29, 1.82) is 0 Å². The van der Waals surface area contributed by atoms with Crippen molar-refractivity contribution in [3.8, 4) is 17.3 Å². The van der Waals surface area contributed by atoms with Gasteiger partial charge in [-0.15, -0.1) is 0 Å². The van der Waals surface area contributed by atoms with E-state index in [1.54, 1.807) is 12.1 Å². The predicted octanol–water partition coefficient (Wildman–Crippen LogP) is 4.88. The monoisotopic (exact) mass is 533 g/mol. The summed E-state index contributed by atoms with van der Waals surface area (Å²) in [5.74, 6) is 0.267. The number of ether oxygens (including phenoxy) is 2. The smallest absolute Gasteiger partial charge is 0.274 e. The first kappa shape index (κ1) is 22.5. The standard InChI is InChI=1S/C23H18Cl3N5O4/c24-12-2-1-7-27-20(12)31-14(9-16(26)30-31)21(32)28-18-13(25)8-15-19(35-10-34-15)17(18)22(33)29-23(5-6-23)11-3-4-11/h1-2,7-9,11H,3-6,10H2,(H,28,32)(H,29,33). The highest BCUT2D eigenvalue weighted by molar-refractivity contribution is 6.36. The average Bonchev–Trinajstić information content (AvgIpc) is 3.73. The zero-order valence-corrected chi connectivity index (χ0v) is 20.4. The van der Waals surface area contributed by atoms with Gasteiger partial charge in [0.25, 0.3) is 11.8 Å². The second-order valence-electron chi connectivity index (χ2n) is 8.75. The van der Waals surface area contributed by atoms with Gasteiger partial charge in [-0.25, -0.2) is 9.67 Å². The predicted molar refractivity (Wildman–Crippen MR) is 129 cm³/mol. The van der Waals surface area contributed by atoms with Crippen LogP contribution in [0, 0.1) is 5.92 Å². The van der Waals surface area contributed by atoms with Crippen molar-refractivity contribution in [3.63, 3.8) is 0 Å². The van der Waals surface area contributed by atoms with Crippen LogP contribution in [0.15, 0.2) is 30.5 Å². The Morgan fingerprint density at radius 1 is 1.09 bits per heavy atom. The number of fused-ring (bicyclic) bond motifs is 1. The number of rotatable bonds is 6. The first-order chi connectivity index (χ1) is 16.9. The fourth-order valence-electron chi connectivity index (χ4n) is 4.43. The number of halogens is 3. The van der Waals surface area contributed by atoms with Crippen LogP contribution in [0.1, 0.15) is 46.5 Å². The summed E-state index contributed by atoms with van der Waals surface area (Å²) in [6.45, 7) is -0.0579. The maximum atomic E-state index is 13.5. The fraction of sp³-hybridized carbons (Fsp3) is 0.304. The van der Waals surface area contributed by atoms with Gasteiger partial charge in [-0.1, -0.05) is 34.8 Å². The minimum absolute atomic E-state index is 0.0485. The van der Waals surface area contributed by atoms with Gasteiger partial charge in [-0.05, 0) is 43.7 Å². The van der Waals surface area contributed by atoms with Gasteiger partial charge in [0.2, 0.25) is 6.79 Å². The van der Waals surface area contributed by atoms with Crippen molar-refractivity contribution in [2.24, 2.45) is 5.92 Å². The molecule has 0 bridgehead atoms. The maximum Gasteiger partial charge on any atom is 0.274 e. The van der Waals surface area contributed by atoms with E-state index in [0.717, 1.165) is 25.7 Å². The highest BCUT2D eigenvalue weighted by Gasteiger charge is 2.55. The Hall–Kier alpha value is -3.01. The van der Waals surface area contributed by atoms with E-state index in [1.807, 2.05) is 0 Å². The lowest BCUT2D eigenvalue weighted by Crippen LogP contribution is -2.39. The summed E-state index contributed by atoms with van der Waals surface area (Å²) >= 11 is 18.9. The van der Waals surface area contributed by atoms with E-state index in [2.05, 4.69) is 20.7 Å². The Morgan fingerprint density at radius 3 is 2.60 bits per heavy atom. The normalized spacial score (nSPS) is 17.2. The van der Waals surface area contributed by atoms with Crippen LogP contribution in [0.3, 0.4) is 0 Å². The largest absolute Gasteiger partial charge is 0.454 e. The Bertz CT molecular complexity index is 1380. The number of hydrogen-bond acceptors (Lipinski definition) is 6. The molecule has 12 heteroatoms. The van der Waals surface area contributed by atoms with Crippen LogP contribution in [-0.4, -0.2) is 38.9 Å². The number of hydrogen-bond donors (Lipinski definition) is 2. The number of aromatic nitrogens is 3. The lowest BCUT2D eigenvalue weighted by molar-refractivity contribution is 0.0922. The zero-order chi connectivity index (χ0) is 24.3. The van der Waals surface area contributed by atoms with Crippen LogP contribution >= 0.6 is 34.8 Å². The number of pyridine rings is 1. The molecule has 2 N–H and O–H groups in total. The van der Waals surface area contributed by atoms with Crippen molar-refractivity contribution in [2.75, 3.05) is 12.1 Å². The van der Waals surface area contributed by atoms with E-state index in [0.29, 0.717) is 11.7 Å². The van der Waals surface area contributed by atoms with Crippen LogP contribution in [0.5, 0.6) is 11.5 Å². The third-order valence-electron chi connectivity index (χ3n) is 6.44. The molecule has 2 amide bonds. The van der Waals surface area contributed by atoms with Gasteiger partial charge in [-0.2, -0.15) is 5.10 Å². The summed E-state index contributed by atoms with van der Waals surface area (Å²) in [5.41, 5.74) is 0.0566. The van der Waals surface area contributed by atoms with Crippen LogP contribution in [-0.2, 0) is 0 Å². The van der Waals surface area contributed by atoms with Gasteiger partial charge < -0.3 is 20.1 Å². The molecular formula is C23H18Cl3N5O4. The summed E-state index contributed by atoms with van der Waals surface area (Å²) in [4.78, 5) is 31.1. The molecule has 0 unspecified atom stereocenters. The number of carbonyl (C=O) groups excluding carboxylic acids is 2. The third kappa shape index (κ3) is 3.97. The van der Waals surface area contributed by atoms with Crippen molar-refractivity contribution < 1.29 is 19.1 Å². The van der Waals surface area contributed by atoms with E-state index in [1.165, 1.54) is 23.0 Å². The van der Waals surface area contributed by atoms with Gasteiger partial charge in [0, 0.05) is 23.9 Å². The molecule has 0 spiro atoms. The van der Waals surface area contributed by atoms with Crippen LogP contribution < -0.4 is 20.1 Å². The number of carbonyl (C=O) groups is 2. The van der Waals surface area contributed by atoms with E-state index in [9.17, 15) is 9.59 Å². The van der Waals surface area contributed by atoms with Crippen molar-refractivity contribution in [3.05, 3.63) is 56.9 Å². The second kappa shape index (κ2) is 8.29. The van der Waals surface area contributed by atoms with E-state index >= 15 is 0 Å². The minimum Gasteiger partial charge on any atom is -0.454 e. The van der Waals surface area contributed by atoms with E-state index < -0.39 is 5.91 Å². The van der Waals surface area contributed by atoms with E-state index in [-0.39, 0.29) is 61.9 Å². The molecule has 9 nitrogen and oxygen atoms in total. The lowest BCUT2D eigenvalue weighted by atomic mass is 10.1. The molecule has 3 aliphatic rings. The van der Waals surface area contributed by atoms with E-state index in [4.69, 9.17) is 44.3 Å². The van der Waals surface area contributed by atoms with Crippen LogP contribution in [0.25, 0.3) is 5.82 Å². The van der Waals surface area contributed by atoms with Gasteiger partial charge in [0.15, 0.2) is 22.5 Å². The molecule has 2 saturated carbocycles. The molecule has 2 aliphatic carbocycles. The SMILES string of the molecule is O=C(NC1(C2CC2)CC1)c1c(NC(=O)c2cc(Cl)nn2-c2ncccc2Cl)c(Cl)cc2c1OCO2. The molecule has 1 aliphatic heterocycles. The first-order valence-electron chi connectivity index (χ1n) is 11.0. The molecule has 35 heavy (non-hydrogen) atoms. The van der Waals surface area contributed by atoms with Crippen molar-refractivity contribution in [1.82, 2.24) is 20.1 Å². The van der Waals surface area contributed by atoms with Gasteiger partial charge in [-0.3, -0.25) is 9.59 Å². The lowest BCUT2D eigenvalue weighted by Gasteiger charge is -2.20. The summed E-state index contributed by atoms with van der Waals surface area (Å²) in [7, 11) is 0. The second-order valence-corrected chi connectivity index (χ2v) is 9.96. The first-order valence-corrected chi connectivity index (χ1v) is 12.1. The maximum absolute atomic E-state index is 13.5.